The molecule has 1 N–H and O–H groups in total. The Morgan fingerprint density at radius 3 is 2.25 bits per heavy atom. The molecule has 0 aromatic heterocycles. The molecular formula is C15H14ClNO3. The highest BCUT2D eigenvalue weighted by Gasteiger charge is 2.04. The van der Waals surface area contributed by atoms with Gasteiger partial charge >= 0.3 is 0 Å². The monoisotopic (exact) mass is 291 g/mol. The number of halogens is 1. The van der Waals surface area contributed by atoms with E-state index < -0.39 is 0 Å². The van der Waals surface area contributed by atoms with Gasteiger partial charge in [0.15, 0.2) is 6.61 Å². The van der Waals surface area contributed by atoms with Crippen molar-refractivity contribution in [1.82, 2.24) is 0 Å². The van der Waals surface area contributed by atoms with Gasteiger partial charge < -0.3 is 14.8 Å². The van der Waals surface area contributed by atoms with E-state index in [1.54, 1.807) is 55.6 Å². The second-order valence-corrected chi connectivity index (χ2v) is 4.46. The van der Waals surface area contributed by atoms with E-state index in [1.807, 2.05) is 0 Å². The minimum atomic E-state index is -0.231. The third-order valence-corrected chi connectivity index (χ3v) is 2.81. The Morgan fingerprint density at radius 2 is 1.65 bits per heavy atom. The van der Waals surface area contributed by atoms with Crippen molar-refractivity contribution in [2.24, 2.45) is 0 Å². The van der Waals surface area contributed by atoms with Crippen molar-refractivity contribution in [3.63, 3.8) is 0 Å². The van der Waals surface area contributed by atoms with Gasteiger partial charge in [-0.25, -0.2) is 0 Å². The van der Waals surface area contributed by atoms with E-state index in [4.69, 9.17) is 21.1 Å². The van der Waals surface area contributed by atoms with Crippen molar-refractivity contribution >= 4 is 23.2 Å². The molecule has 0 unspecified atom stereocenters. The van der Waals surface area contributed by atoms with Crippen molar-refractivity contribution in [3.05, 3.63) is 53.6 Å². The van der Waals surface area contributed by atoms with E-state index in [9.17, 15) is 4.79 Å². The first-order valence-corrected chi connectivity index (χ1v) is 6.37. The van der Waals surface area contributed by atoms with Crippen LogP contribution in [0.4, 0.5) is 5.69 Å². The molecule has 0 aliphatic rings. The summed E-state index contributed by atoms with van der Waals surface area (Å²) in [4.78, 5) is 11.7. The quantitative estimate of drug-likeness (QED) is 0.919. The molecule has 104 valence electrons. The highest BCUT2D eigenvalue weighted by Crippen LogP contribution is 2.16. The molecule has 20 heavy (non-hydrogen) atoms. The zero-order valence-corrected chi connectivity index (χ0v) is 11.7. The summed E-state index contributed by atoms with van der Waals surface area (Å²) in [6.45, 7) is -0.0618. The van der Waals surface area contributed by atoms with Gasteiger partial charge in [0, 0.05) is 10.7 Å². The zero-order chi connectivity index (χ0) is 14.4. The van der Waals surface area contributed by atoms with Gasteiger partial charge in [0.05, 0.1) is 7.11 Å². The number of carbonyl (C=O) groups excluding carboxylic acids is 1. The average Bonchev–Trinajstić information content (AvgIpc) is 2.47. The third kappa shape index (κ3) is 4.17. The Balaban J connectivity index is 1.84. The number of ether oxygens (including phenoxy) is 2. The van der Waals surface area contributed by atoms with E-state index >= 15 is 0 Å². The molecule has 2 aromatic carbocycles. The summed E-state index contributed by atoms with van der Waals surface area (Å²) in [6.07, 6.45) is 0. The Kier molecular flexibility index (Phi) is 4.85. The van der Waals surface area contributed by atoms with Crippen molar-refractivity contribution < 1.29 is 14.3 Å². The van der Waals surface area contributed by atoms with Gasteiger partial charge in [0.25, 0.3) is 5.91 Å². The number of hydrogen-bond donors (Lipinski definition) is 1. The molecule has 0 aliphatic carbocycles. The van der Waals surface area contributed by atoms with Crippen LogP contribution in [0.5, 0.6) is 11.5 Å². The van der Waals surface area contributed by atoms with Crippen LogP contribution in [0, 0.1) is 0 Å². The summed E-state index contributed by atoms with van der Waals surface area (Å²) in [7, 11) is 1.59. The average molecular weight is 292 g/mol. The third-order valence-electron chi connectivity index (χ3n) is 2.56. The summed E-state index contributed by atoms with van der Waals surface area (Å²) in [5, 5.41) is 3.35. The van der Waals surface area contributed by atoms with E-state index in [0.29, 0.717) is 16.5 Å². The number of rotatable bonds is 5. The summed E-state index contributed by atoms with van der Waals surface area (Å²) in [5.74, 6) is 1.10. The lowest BCUT2D eigenvalue weighted by Crippen LogP contribution is -2.20. The summed E-state index contributed by atoms with van der Waals surface area (Å²) in [6, 6.07) is 13.9. The minimum Gasteiger partial charge on any atom is -0.497 e. The molecule has 0 fully saturated rings. The molecule has 0 spiro atoms. The van der Waals surface area contributed by atoms with Crippen LogP contribution in [0.15, 0.2) is 48.5 Å². The van der Waals surface area contributed by atoms with Crippen LogP contribution in [0.2, 0.25) is 5.02 Å². The fraction of sp³-hybridized carbons (Fsp3) is 0.133. The Bertz CT molecular complexity index is 567. The Hall–Kier alpha value is -2.20. The zero-order valence-electron chi connectivity index (χ0n) is 10.9. The molecule has 0 aliphatic heterocycles. The lowest BCUT2D eigenvalue weighted by Gasteiger charge is -2.08. The van der Waals surface area contributed by atoms with E-state index in [-0.39, 0.29) is 12.5 Å². The first kappa shape index (κ1) is 14.2. The van der Waals surface area contributed by atoms with Crippen LogP contribution in [-0.4, -0.2) is 19.6 Å². The highest BCUT2D eigenvalue weighted by atomic mass is 35.5. The highest BCUT2D eigenvalue weighted by molar-refractivity contribution is 6.30. The van der Waals surface area contributed by atoms with Crippen LogP contribution in [-0.2, 0) is 4.79 Å². The Labute approximate surface area is 122 Å². The number of methoxy groups -OCH3 is 1. The molecule has 5 heteroatoms. The SMILES string of the molecule is COc1ccc(NC(=O)COc2ccc(Cl)cc2)cc1. The largest absolute Gasteiger partial charge is 0.497 e. The molecule has 0 saturated heterocycles. The Morgan fingerprint density at radius 1 is 1.05 bits per heavy atom. The molecule has 0 atom stereocenters. The van der Waals surface area contributed by atoms with Gasteiger partial charge in [-0.2, -0.15) is 0 Å². The van der Waals surface area contributed by atoms with Crippen molar-refractivity contribution in [3.8, 4) is 11.5 Å². The topological polar surface area (TPSA) is 47.6 Å². The second-order valence-electron chi connectivity index (χ2n) is 4.02. The summed E-state index contributed by atoms with van der Waals surface area (Å²) >= 11 is 5.76. The van der Waals surface area contributed by atoms with E-state index in [1.165, 1.54) is 0 Å². The van der Waals surface area contributed by atoms with Gasteiger partial charge in [-0.15, -0.1) is 0 Å². The fourth-order valence-corrected chi connectivity index (χ4v) is 1.68. The van der Waals surface area contributed by atoms with Crippen LogP contribution in [0.25, 0.3) is 0 Å². The van der Waals surface area contributed by atoms with Gasteiger partial charge in [0.2, 0.25) is 0 Å². The molecule has 0 radical (unpaired) electrons. The fourth-order valence-electron chi connectivity index (χ4n) is 1.55. The lowest BCUT2D eigenvalue weighted by molar-refractivity contribution is -0.118. The number of benzene rings is 2. The van der Waals surface area contributed by atoms with Crippen LogP contribution < -0.4 is 14.8 Å². The molecular weight excluding hydrogens is 278 g/mol. The van der Waals surface area contributed by atoms with E-state index in [0.717, 1.165) is 5.75 Å². The number of carbonyl (C=O) groups is 1. The lowest BCUT2D eigenvalue weighted by atomic mass is 10.3. The molecule has 0 heterocycles. The van der Waals surface area contributed by atoms with Crippen molar-refractivity contribution in [1.29, 1.82) is 0 Å². The van der Waals surface area contributed by atoms with Crippen molar-refractivity contribution in [2.45, 2.75) is 0 Å². The molecule has 0 bridgehead atoms. The standard InChI is InChI=1S/C15H14ClNO3/c1-19-13-8-4-12(5-9-13)17-15(18)10-20-14-6-2-11(16)3-7-14/h2-9H,10H2,1H3,(H,17,18). The maximum Gasteiger partial charge on any atom is 0.262 e. The normalized spacial score (nSPS) is 9.90. The smallest absolute Gasteiger partial charge is 0.262 e. The predicted octanol–water partition coefficient (Wildman–Crippen LogP) is 3.37. The number of anilines is 1. The van der Waals surface area contributed by atoms with Gasteiger partial charge in [-0.3, -0.25) is 4.79 Å². The molecule has 4 nitrogen and oxygen atoms in total. The molecule has 0 saturated carbocycles. The molecule has 1 amide bonds. The second kappa shape index (κ2) is 6.82. The maximum absolute atomic E-state index is 11.7. The summed E-state index contributed by atoms with van der Waals surface area (Å²) < 4.78 is 10.4. The van der Waals surface area contributed by atoms with Crippen LogP contribution >= 0.6 is 11.6 Å². The predicted molar refractivity (Wildman–Crippen MR) is 78.6 cm³/mol. The maximum atomic E-state index is 11.7. The first-order valence-electron chi connectivity index (χ1n) is 5.99. The van der Waals surface area contributed by atoms with Crippen LogP contribution in [0.3, 0.4) is 0 Å². The number of hydrogen-bond acceptors (Lipinski definition) is 3. The van der Waals surface area contributed by atoms with Crippen molar-refractivity contribution in [2.75, 3.05) is 19.0 Å². The minimum absolute atomic E-state index is 0.0618. The van der Waals surface area contributed by atoms with Gasteiger partial charge in [-0.1, -0.05) is 11.6 Å². The first-order chi connectivity index (χ1) is 9.67. The molecule has 2 aromatic rings. The van der Waals surface area contributed by atoms with Gasteiger partial charge in [0.1, 0.15) is 11.5 Å². The molecule has 2 rings (SSSR count). The van der Waals surface area contributed by atoms with Gasteiger partial charge in [-0.05, 0) is 48.5 Å². The van der Waals surface area contributed by atoms with E-state index in [2.05, 4.69) is 5.32 Å². The number of amides is 1. The van der Waals surface area contributed by atoms with Crippen LogP contribution in [0.1, 0.15) is 0 Å². The number of nitrogens with one attached hydrogen (secondary N) is 1. The summed E-state index contributed by atoms with van der Waals surface area (Å²) in [5.41, 5.74) is 0.690.